The maximum absolute atomic E-state index is 13.4. The molecule has 0 N–H and O–H groups in total. The van der Waals surface area contributed by atoms with Crippen LogP contribution in [0.25, 0.3) is 0 Å². The lowest BCUT2D eigenvalue weighted by molar-refractivity contribution is -0.384. The van der Waals surface area contributed by atoms with Gasteiger partial charge in [-0.25, -0.2) is 8.42 Å². The van der Waals surface area contributed by atoms with Crippen molar-refractivity contribution in [1.29, 1.82) is 0 Å². The molecule has 2 aliphatic rings. The van der Waals surface area contributed by atoms with E-state index in [0.717, 1.165) is 38.3 Å². The number of piperazine rings is 2. The molecule has 0 amide bonds. The minimum Gasteiger partial charge on any atom is -0.363 e. The number of sulfone groups is 1. The van der Waals surface area contributed by atoms with Gasteiger partial charge in [0, 0.05) is 64.5 Å². The van der Waals surface area contributed by atoms with Gasteiger partial charge in [0.1, 0.15) is 11.4 Å². The van der Waals surface area contributed by atoms with Gasteiger partial charge in [-0.2, -0.15) is 0 Å². The average Bonchev–Trinajstić information content (AvgIpc) is 2.84. The summed E-state index contributed by atoms with van der Waals surface area (Å²) in [5, 5.41) is 23.6. The summed E-state index contributed by atoms with van der Waals surface area (Å²) < 4.78 is 26.7. The second kappa shape index (κ2) is 9.76. The van der Waals surface area contributed by atoms with Gasteiger partial charge in [0.25, 0.3) is 11.4 Å². The lowest BCUT2D eigenvalue weighted by Gasteiger charge is -2.33. The highest BCUT2D eigenvalue weighted by Crippen LogP contribution is 2.36. The van der Waals surface area contributed by atoms with Crippen LogP contribution in [0.2, 0.25) is 0 Å². The van der Waals surface area contributed by atoms with Crippen molar-refractivity contribution in [2.24, 2.45) is 0 Å². The highest BCUT2D eigenvalue weighted by molar-refractivity contribution is 7.91. The minimum absolute atomic E-state index is 0.274. The van der Waals surface area contributed by atoms with Gasteiger partial charge in [0.15, 0.2) is 0 Å². The fourth-order valence-electron chi connectivity index (χ4n) is 4.40. The zero-order valence-corrected chi connectivity index (χ0v) is 20.5. The summed E-state index contributed by atoms with van der Waals surface area (Å²) in [6.45, 7) is 5.29. The van der Waals surface area contributed by atoms with Gasteiger partial charge < -0.3 is 19.6 Å². The molecule has 0 saturated carbocycles. The molecule has 0 atom stereocenters. The van der Waals surface area contributed by atoms with Gasteiger partial charge in [0.2, 0.25) is 9.84 Å². The van der Waals surface area contributed by atoms with Crippen molar-refractivity contribution in [2.45, 2.75) is 9.79 Å². The molecule has 13 heteroatoms. The van der Waals surface area contributed by atoms with Gasteiger partial charge in [-0.1, -0.05) is 0 Å². The van der Waals surface area contributed by atoms with Crippen molar-refractivity contribution < 1.29 is 18.3 Å². The lowest BCUT2D eigenvalue weighted by atomic mass is 10.2. The summed E-state index contributed by atoms with van der Waals surface area (Å²) >= 11 is 0. The van der Waals surface area contributed by atoms with Crippen LogP contribution in [-0.4, -0.2) is 94.5 Å². The van der Waals surface area contributed by atoms with Gasteiger partial charge in [-0.3, -0.25) is 20.2 Å². The van der Waals surface area contributed by atoms with E-state index in [4.69, 9.17) is 0 Å². The van der Waals surface area contributed by atoms with Crippen LogP contribution in [0, 0.1) is 20.2 Å². The van der Waals surface area contributed by atoms with Crippen LogP contribution in [0.5, 0.6) is 0 Å². The molecular formula is C22H28N6O6S. The first-order valence-electron chi connectivity index (χ1n) is 11.3. The second-order valence-electron chi connectivity index (χ2n) is 8.90. The van der Waals surface area contributed by atoms with Gasteiger partial charge in [-0.05, 0) is 38.4 Å². The third kappa shape index (κ3) is 5.06. The summed E-state index contributed by atoms with van der Waals surface area (Å²) in [6, 6.07) is 7.64. The Labute approximate surface area is 203 Å². The number of hydrogen-bond donors (Lipinski definition) is 0. The minimum atomic E-state index is -4.23. The van der Waals surface area contributed by atoms with E-state index in [2.05, 4.69) is 9.80 Å². The van der Waals surface area contributed by atoms with E-state index in [1.54, 1.807) is 0 Å². The number of nitro benzene ring substituents is 2. The Morgan fingerprint density at radius 1 is 0.657 bits per heavy atom. The highest BCUT2D eigenvalue weighted by atomic mass is 32.2. The molecule has 2 aliphatic heterocycles. The normalized spacial score (nSPS) is 18.0. The molecule has 0 radical (unpaired) electrons. The molecule has 35 heavy (non-hydrogen) atoms. The van der Waals surface area contributed by atoms with E-state index >= 15 is 0 Å². The van der Waals surface area contributed by atoms with Crippen molar-refractivity contribution >= 4 is 32.6 Å². The van der Waals surface area contributed by atoms with E-state index in [-0.39, 0.29) is 21.2 Å². The summed E-state index contributed by atoms with van der Waals surface area (Å²) in [5.41, 5.74) is 0.107. The van der Waals surface area contributed by atoms with Crippen molar-refractivity contribution in [3.8, 4) is 0 Å². The number of rotatable bonds is 6. The van der Waals surface area contributed by atoms with E-state index in [9.17, 15) is 28.6 Å². The molecule has 188 valence electrons. The van der Waals surface area contributed by atoms with Crippen LogP contribution >= 0.6 is 0 Å². The number of hydrogen-bond acceptors (Lipinski definition) is 10. The van der Waals surface area contributed by atoms with Gasteiger partial charge >= 0.3 is 0 Å². The Morgan fingerprint density at radius 2 is 1.00 bits per heavy atom. The Hall–Kier alpha value is -3.29. The van der Waals surface area contributed by atoms with Crippen LogP contribution in [0.3, 0.4) is 0 Å². The van der Waals surface area contributed by atoms with E-state index < -0.39 is 19.7 Å². The predicted molar refractivity (Wildman–Crippen MR) is 131 cm³/mol. The van der Waals surface area contributed by atoms with E-state index in [0.29, 0.717) is 37.6 Å². The fourth-order valence-corrected chi connectivity index (χ4v) is 5.70. The van der Waals surface area contributed by atoms with E-state index in [1.165, 1.54) is 24.3 Å². The molecule has 2 saturated heterocycles. The zero-order valence-electron chi connectivity index (χ0n) is 19.7. The molecule has 4 rings (SSSR count). The number of likely N-dealkylation sites (N-methyl/N-ethyl adjacent to an activating group) is 2. The first kappa shape index (κ1) is 24.8. The van der Waals surface area contributed by atoms with Crippen LogP contribution in [-0.2, 0) is 9.84 Å². The number of benzene rings is 2. The van der Waals surface area contributed by atoms with Crippen LogP contribution in [0.15, 0.2) is 46.2 Å². The van der Waals surface area contributed by atoms with E-state index in [1.807, 2.05) is 23.9 Å². The summed E-state index contributed by atoms with van der Waals surface area (Å²) in [7, 11) is -0.290. The third-order valence-corrected chi connectivity index (χ3v) is 8.34. The number of anilines is 2. The Kier molecular flexibility index (Phi) is 6.92. The first-order valence-corrected chi connectivity index (χ1v) is 12.7. The molecule has 2 heterocycles. The average molecular weight is 505 g/mol. The molecule has 2 fully saturated rings. The predicted octanol–water partition coefficient (Wildman–Crippen LogP) is 1.84. The number of nitro groups is 2. The molecule has 0 bridgehead atoms. The fraction of sp³-hybridized carbons (Fsp3) is 0.455. The van der Waals surface area contributed by atoms with Crippen LogP contribution < -0.4 is 9.80 Å². The standard InChI is InChI=1S/C22H28N6O6S/c1-23-7-11-25(12-8-23)19-5-3-17(15-21(19)27(29)30)35(33,34)18-4-6-20(22(16-18)28(31)32)26-13-9-24(2)10-14-26/h3-6,15-16H,7-14H2,1-2H3. The summed E-state index contributed by atoms with van der Waals surface area (Å²) in [5.74, 6) is 0. The second-order valence-corrected chi connectivity index (χ2v) is 10.8. The SMILES string of the molecule is CN1CCN(c2ccc(S(=O)(=O)c3ccc(N4CCN(C)CC4)c([N+](=O)[O-])c3)cc2[N+](=O)[O-])CC1. The lowest BCUT2D eigenvalue weighted by Crippen LogP contribution is -2.44. The Balaban J connectivity index is 1.69. The zero-order chi connectivity index (χ0) is 25.3. The molecule has 2 aromatic rings. The quantitative estimate of drug-likeness (QED) is 0.424. The maximum atomic E-state index is 13.4. The molecule has 12 nitrogen and oxygen atoms in total. The molecule has 0 spiro atoms. The number of nitrogens with zero attached hydrogens (tertiary/aromatic N) is 6. The molecular weight excluding hydrogens is 476 g/mol. The van der Waals surface area contributed by atoms with Gasteiger partial charge in [0.05, 0.1) is 19.6 Å². The topological polar surface area (TPSA) is 133 Å². The van der Waals surface area contributed by atoms with Crippen molar-refractivity contribution in [2.75, 3.05) is 76.3 Å². The van der Waals surface area contributed by atoms with Crippen molar-refractivity contribution in [3.05, 3.63) is 56.6 Å². The van der Waals surface area contributed by atoms with Crippen molar-refractivity contribution in [3.63, 3.8) is 0 Å². The monoisotopic (exact) mass is 504 g/mol. The molecule has 0 aliphatic carbocycles. The molecule has 2 aromatic carbocycles. The largest absolute Gasteiger partial charge is 0.363 e. The Morgan fingerprint density at radius 3 is 1.31 bits per heavy atom. The third-order valence-electron chi connectivity index (χ3n) is 6.60. The maximum Gasteiger partial charge on any atom is 0.293 e. The van der Waals surface area contributed by atoms with Gasteiger partial charge in [-0.15, -0.1) is 0 Å². The summed E-state index contributed by atoms with van der Waals surface area (Å²) in [6.07, 6.45) is 0. The summed E-state index contributed by atoms with van der Waals surface area (Å²) in [4.78, 5) is 29.8. The Bertz CT molecular complexity index is 1150. The smallest absolute Gasteiger partial charge is 0.293 e. The van der Waals surface area contributed by atoms with Crippen LogP contribution in [0.4, 0.5) is 22.7 Å². The van der Waals surface area contributed by atoms with Crippen LogP contribution in [0.1, 0.15) is 0 Å². The first-order chi connectivity index (χ1) is 16.6. The van der Waals surface area contributed by atoms with Crippen molar-refractivity contribution in [1.82, 2.24) is 9.80 Å². The molecule has 0 aromatic heterocycles. The molecule has 0 unspecified atom stereocenters. The highest BCUT2D eigenvalue weighted by Gasteiger charge is 2.30.